The molecule has 4 rings (SSSR count). The van der Waals surface area contributed by atoms with Crippen LogP contribution in [0.2, 0.25) is 0 Å². The van der Waals surface area contributed by atoms with Crippen LogP contribution in [0.3, 0.4) is 0 Å². The molecule has 0 saturated carbocycles. The fraction of sp³-hybridized carbons (Fsp3) is 0.700. The molecule has 0 aromatic carbocycles. The third kappa shape index (κ3) is 4.25. The minimum atomic E-state index is -0.130. The van der Waals surface area contributed by atoms with Crippen molar-refractivity contribution in [3.8, 4) is 5.88 Å². The second kappa shape index (κ2) is 8.12. The van der Waals surface area contributed by atoms with Gasteiger partial charge >= 0.3 is 0 Å². The van der Waals surface area contributed by atoms with Crippen LogP contribution in [0, 0.1) is 0 Å². The molecule has 7 nitrogen and oxygen atoms in total. The molecule has 1 aromatic heterocycles. The smallest absolute Gasteiger partial charge is 0.248 e. The van der Waals surface area contributed by atoms with E-state index >= 15 is 0 Å². The van der Waals surface area contributed by atoms with Gasteiger partial charge in [-0.2, -0.15) is 0 Å². The number of likely N-dealkylation sites (tertiary alicyclic amines) is 2. The van der Waals surface area contributed by atoms with Gasteiger partial charge in [0.1, 0.15) is 6.61 Å². The number of amides is 1. The van der Waals surface area contributed by atoms with E-state index in [2.05, 4.69) is 16.0 Å². The molecule has 3 fully saturated rings. The average Bonchev–Trinajstić information content (AvgIpc) is 3.20. The standard InChI is InChI=1S/C20H29N3O4/c1-25-19-16(5-4-7-21-19)12-22-14-20(15-22)11-17(6-10-27-20)26-13-18(24)23-8-2-3-9-23/h4-5,7,17H,2-3,6,8-15H2,1H3/t17-/m1/s1. The van der Waals surface area contributed by atoms with Crippen molar-refractivity contribution >= 4 is 5.91 Å². The summed E-state index contributed by atoms with van der Waals surface area (Å²) in [6.07, 6.45) is 5.82. The molecule has 1 aromatic rings. The lowest BCUT2D eigenvalue weighted by atomic mass is 9.84. The first-order valence-electron chi connectivity index (χ1n) is 9.91. The normalized spacial score (nSPS) is 24.8. The number of methoxy groups -OCH3 is 1. The van der Waals surface area contributed by atoms with E-state index in [9.17, 15) is 4.79 Å². The molecule has 1 amide bonds. The van der Waals surface area contributed by atoms with Crippen LogP contribution >= 0.6 is 0 Å². The highest BCUT2D eigenvalue weighted by Crippen LogP contribution is 2.36. The zero-order valence-corrected chi connectivity index (χ0v) is 16.1. The number of hydrogen-bond acceptors (Lipinski definition) is 6. The molecule has 0 N–H and O–H groups in total. The van der Waals surface area contributed by atoms with Crippen LogP contribution in [0.4, 0.5) is 0 Å². The number of aromatic nitrogens is 1. The number of carbonyl (C=O) groups excluding carboxylic acids is 1. The number of rotatable bonds is 6. The summed E-state index contributed by atoms with van der Waals surface area (Å²) in [5.41, 5.74) is 0.962. The predicted octanol–water partition coefficient (Wildman–Crippen LogP) is 1.46. The zero-order valence-electron chi connectivity index (χ0n) is 16.1. The Balaban J connectivity index is 1.25. The number of hydrogen-bond donors (Lipinski definition) is 0. The number of carbonyl (C=O) groups is 1. The molecule has 0 bridgehead atoms. The molecular weight excluding hydrogens is 346 g/mol. The van der Waals surface area contributed by atoms with Crippen LogP contribution in [0.15, 0.2) is 18.3 Å². The van der Waals surface area contributed by atoms with Crippen LogP contribution in [-0.4, -0.2) is 78.9 Å². The lowest BCUT2D eigenvalue weighted by Gasteiger charge is -2.53. The molecular formula is C20H29N3O4. The van der Waals surface area contributed by atoms with E-state index in [0.717, 1.165) is 64.0 Å². The van der Waals surface area contributed by atoms with E-state index < -0.39 is 0 Å². The van der Waals surface area contributed by atoms with E-state index in [1.54, 1.807) is 13.3 Å². The van der Waals surface area contributed by atoms with E-state index in [-0.39, 0.29) is 24.2 Å². The Hall–Kier alpha value is -1.70. The number of pyridine rings is 1. The first-order chi connectivity index (χ1) is 13.2. The van der Waals surface area contributed by atoms with Crippen LogP contribution in [0.25, 0.3) is 0 Å². The summed E-state index contributed by atoms with van der Waals surface area (Å²) in [5, 5.41) is 0. The lowest BCUT2D eigenvalue weighted by Crippen LogP contribution is -2.65. The van der Waals surface area contributed by atoms with E-state index in [4.69, 9.17) is 14.2 Å². The van der Waals surface area contributed by atoms with Gasteiger partial charge in [-0.25, -0.2) is 4.98 Å². The summed E-state index contributed by atoms with van der Waals surface area (Å²) >= 11 is 0. The van der Waals surface area contributed by atoms with Gasteiger partial charge in [-0.15, -0.1) is 0 Å². The molecule has 3 aliphatic heterocycles. The van der Waals surface area contributed by atoms with Gasteiger partial charge < -0.3 is 19.1 Å². The van der Waals surface area contributed by atoms with Crippen LogP contribution in [-0.2, 0) is 20.8 Å². The largest absolute Gasteiger partial charge is 0.481 e. The molecule has 0 unspecified atom stereocenters. The molecule has 1 atom stereocenters. The first-order valence-corrected chi connectivity index (χ1v) is 9.91. The average molecular weight is 375 g/mol. The minimum absolute atomic E-state index is 0.111. The van der Waals surface area contributed by atoms with Crippen LogP contribution in [0.1, 0.15) is 31.2 Å². The van der Waals surface area contributed by atoms with Gasteiger partial charge in [0, 0.05) is 57.5 Å². The Morgan fingerprint density at radius 3 is 2.96 bits per heavy atom. The van der Waals surface area contributed by atoms with Gasteiger partial charge in [0.15, 0.2) is 0 Å². The molecule has 0 aliphatic carbocycles. The maximum Gasteiger partial charge on any atom is 0.248 e. The maximum absolute atomic E-state index is 12.2. The highest BCUT2D eigenvalue weighted by atomic mass is 16.5. The number of nitrogens with zero attached hydrogens (tertiary/aromatic N) is 3. The van der Waals surface area contributed by atoms with Crippen molar-refractivity contribution in [1.82, 2.24) is 14.8 Å². The van der Waals surface area contributed by atoms with Crippen molar-refractivity contribution in [1.29, 1.82) is 0 Å². The molecule has 3 saturated heterocycles. The molecule has 27 heavy (non-hydrogen) atoms. The van der Waals surface area contributed by atoms with Crippen LogP contribution < -0.4 is 4.74 Å². The third-order valence-corrected chi connectivity index (χ3v) is 5.81. The Kier molecular flexibility index (Phi) is 5.61. The molecule has 148 valence electrons. The van der Waals surface area contributed by atoms with E-state index in [1.807, 2.05) is 11.0 Å². The zero-order chi connectivity index (χ0) is 18.7. The first kappa shape index (κ1) is 18.7. The minimum Gasteiger partial charge on any atom is -0.481 e. The van der Waals surface area contributed by atoms with Crippen molar-refractivity contribution in [3.05, 3.63) is 23.9 Å². The van der Waals surface area contributed by atoms with Gasteiger partial charge in [0.25, 0.3) is 0 Å². The summed E-state index contributed by atoms with van der Waals surface area (Å²) in [4.78, 5) is 20.7. The summed E-state index contributed by atoms with van der Waals surface area (Å²) < 4.78 is 17.4. The topological polar surface area (TPSA) is 64.1 Å². The lowest BCUT2D eigenvalue weighted by molar-refractivity contribution is -0.200. The molecule has 0 radical (unpaired) electrons. The SMILES string of the molecule is COc1ncccc1CN1CC2(C[C@H](OCC(=O)N3CCCC3)CCO2)C1. The van der Waals surface area contributed by atoms with Gasteiger partial charge in [-0.05, 0) is 25.3 Å². The van der Waals surface area contributed by atoms with Crippen molar-refractivity contribution < 1.29 is 19.0 Å². The van der Waals surface area contributed by atoms with E-state index in [1.165, 1.54) is 0 Å². The summed E-state index contributed by atoms with van der Waals surface area (Å²) in [7, 11) is 1.65. The summed E-state index contributed by atoms with van der Waals surface area (Å²) in [6.45, 7) is 5.24. The van der Waals surface area contributed by atoms with Crippen molar-refractivity contribution in [2.75, 3.05) is 46.5 Å². The predicted molar refractivity (Wildman–Crippen MR) is 99.5 cm³/mol. The monoisotopic (exact) mass is 375 g/mol. The molecule has 4 heterocycles. The van der Waals surface area contributed by atoms with Gasteiger partial charge in [-0.3, -0.25) is 9.69 Å². The van der Waals surface area contributed by atoms with E-state index in [0.29, 0.717) is 12.5 Å². The Labute approximate surface area is 160 Å². The van der Waals surface area contributed by atoms with Crippen molar-refractivity contribution in [3.63, 3.8) is 0 Å². The van der Waals surface area contributed by atoms with Crippen molar-refractivity contribution in [2.45, 2.75) is 43.9 Å². The highest BCUT2D eigenvalue weighted by molar-refractivity contribution is 5.77. The summed E-state index contributed by atoms with van der Waals surface area (Å²) in [6, 6.07) is 3.99. The molecule has 7 heteroatoms. The fourth-order valence-corrected chi connectivity index (χ4v) is 4.44. The number of ether oxygens (including phenoxy) is 3. The Morgan fingerprint density at radius 1 is 1.37 bits per heavy atom. The highest BCUT2D eigenvalue weighted by Gasteiger charge is 2.47. The molecule has 1 spiro atoms. The van der Waals surface area contributed by atoms with Gasteiger partial charge in [0.2, 0.25) is 11.8 Å². The van der Waals surface area contributed by atoms with Gasteiger partial charge in [0.05, 0.1) is 18.8 Å². The van der Waals surface area contributed by atoms with Crippen molar-refractivity contribution in [2.24, 2.45) is 0 Å². The molecule has 3 aliphatic rings. The van der Waals surface area contributed by atoms with Crippen LogP contribution in [0.5, 0.6) is 5.88 Å². The third-order valence-electron chi connectivity index (χ3n) is 5.81. The Morgan fingerprint density at radius 2 is 2.19 bits per heavy atom. The second-order valence-electron chi connectivity index (χ2n) is 7.86. The maximum atomic E-state index is 12.2. The summed E-state index contributed by atoms with van der Waals surface area (Å²) in [5.74, 6) is 0.816. The quantitative estimate of drug-likeness (QED) is 0.750. The second-order valence-corrected chi connectivity index (χ2v) is 7.86. The van der Waals surface area contributed by atoms with Gasteiger partial charge in [-0.1, -0.05) is 6.07 Å². The Bertz CT molecular complexity index is 656. The fourth-order valence-electron chi connectivity index (χ4n) is 4.44.